The van der Waals surface area contributed by atoms with Crippen LogP contribution in [0.1, 0.15) is 25.0 Å². The van der Waals surface area contributed by atoms with Crippen LogP contribution in [0.4, 0.5) is 10.5 Å². The third-order valence-electron chi connectivity index (χ3n) is 4.34. The molecule has 30 heavy (non-hydrogen) atoms. The topological polar surface area (TPSA) is 87.7 Å². The van der Waals surface area contributed by atoms with Crippen molar-refractivity contribution in [3.05, 3.63) is 65.4 Å². The molecule has 2 aromatic carbocycles. The third-order valence-corrected chi connectivity index (χ3v) is 4.34. The number of imide groups is 1. The van der Waals surface area contributed by atoms with Gasteiger partial charge in [0.1, 0.15) is 18.0 Å². The van der Waals surface area contributed by atoms with Gasteiger partial charge in [0.15, 0.2) is 0 Å². The lowest BCUT2D eigenvalue weighted by Crippen LogP contribution is -2.38. The van der Waals surface area contributed by atoms with Gasteiger partial charge < -0.3 is 15.4 Å². The minimum Gasteiger partial charge on any atom is -0.493 e. The molecule has 3 rings (SSSR count). The van der Waals surface area contributed by atoms with Gasteiger partial charge in [-0.2, -0.15) is 0 Å². The predicted molar refractivity (Wildman–Crippen MR) is 115 cm³/mol. The normalized spacial score (nSPS) is 14.9. The molecule has 0 bridgehead atoms. The van der Waals surface area contributed by atoms with E-state index in [1.807, 2.05) is 37.3 Å². The van der Waals surface area contributed by atoms with Crippen molar-refractivity contribution >= 4 is 29.6 Å². The molecule has 0 radical (unpaired) electrons. The van der Waals surface area contributed by atoms with Crippen LogP contribution in [0.3, 0.4) is 0 Å². The summed E-state index contributed by atoms with van der Waals surface area (Å²) < 4.78 is 5.64. The molecule has 1 fully saturated rings. The highest BCUT2D eigenvalue weighted by Crippen LogP contribution is 2.18. The Labute approximate surface area is 175 Å². The van der Waals surface area contributed by atoms with Gasteiger partial charge in [-0.05, 0) is 54.3 Å². The second kappa shape index (κ2) is 9.26. The van der Waals surface area contributed by atoms with Gasteiger partial charge in [-0.1, -0.05) is 38.1 Å². The standard InChI is InChI=1S/C23H25N3O4/c1-15(2)14-30-19-9-7-17(8-10-19)12-20-22(28)26(23(29)25-20)13-21(27)24-18-6-4-5-16(3)11-18/h4-12,15H,13-14H2,1-3H3,(H,24,27)(H,25,29)/b20-12-. The number of urea groups is 1. The number of aryl methyl sites for hydroxylation is 1. The molecule has 7 nitrogen and oxygen atoms in total. The Kier molecular flexibility index (Phi) is 6.51. The zero-order chi connectivity index (χ0) is 21.7. The van der Waals surface area contributed by atoms with Gasteiger partial charge >= 0.3 is 6.03 Å². The Balaban J connectivity index is 1.63. The molecule has 1 aliphatic rings. The highest BCUT2D eigenvalue weighted by atomic mass is 16.5. The zero-order valence-corrected chi connectivity index (χ0v) is 17.3. The summed E-state index contributed by atoms with van der Waals surface area (Å²) in [7, 11) is 0. The fourth-order valence-electron chi connectivity index (χ4n) is 2.87. The van der Waals surface area contributed by atoms with Gasteiger partial charge in [0.25, 0.3) is 5.91 Å². The second-order valence-electron chi connectivity index (χ2n) is 7.57. The van der Waals surface area contributed by atoms with Crippen LogP contribution in [0.5, 0.6) is 5.75 Å². The molecule has 4 amide bonds. The average Bonchev–Trinajstić information content (AvgIpc) is 2.95. The average molecular weight is 407 g/mol. The van der Waals surface area contributed by atoms with Crippen molar-refractivity contribution < 1.29 is 19.1 Å². The first-order chi connectivity index (χ1) is 14.3. The summed E-state index contributed by atoms with van der Waals surface area (Å²) in [5.41, 5.74) is 2.47. The Morgan fingerprint density at radius 1 is 1.17 bits per heavy atom. The van der Waals surface area contributed by atoms with E-state index in [0.717, 1.165) is 21.8 Å². The molecular weight excluding hydrogens is 382 g/mol. The van der Waals surface area contributed by atoms with Crippen molar-refractivity contribution in [1.82, 2.24) is 10.2 Å². The van der Waals surface area contributed by atoms with Gasteiger partial charge in [0.05, 0.1) is 6.61 Å². The molecule has 0 spiro atoms. The maximum absolute atomic E-state index is 12.6. The first-order valence-corrected chi connectivity index (χ1v) is 9.76. The lowest BCUT2D eigenvalue weighted by Gasteiger charge is -2.12. The minimum absolute atomic E-state index is 0.124. The molecule has 1 aliphatic heterocycles. The van der Waals surface area contributed by atoms with Crippen LogP contribution in [-0.2, 0) is 9.59 Å². The van der Waals surface area contributed by atoms with Crippen molar-refractivity contribution in [3.63, 3.8) is 0 Å². The minimum atomic E-state index is -0.623. The molecule has 7 heteroatoms. The van der Waals surface area contributed by atoms with E-state index in [1.165, 1.54) is 0 Å². The van der Waals surface area contributed by atoms with Crippen LogP contribution in [-0.4, -0.2) is 35.9 Å². The Morgan fingerprint density at radius 2 is 1.90 bits per heavy atom. The van der Waals surface area contributed by atoms with E-state index in [1.54, 1.807) is 24.3 Å². The van der Waals surface area contributed by atoms with Crippen LogP contribution >= 0.6 is 0 Å². The number of ether oxygens (including phenoxy) is 1. The molecule has 1 saturated heterocycles. The number of benzene rings is 2. The molecule has 156 valence electrons. The van der Waals surface area contributed by atoms with E-state index in [-0.39, 0.29) is 12.2 Å². The summed E-state index contributed by atoms with van der Waals surface area (Å²) in [4.78, 5) is 37.9. The second-order valence-corrected chi connectivity index (χ2v) is 7.57. The Morgan fingerprint density at radius 3 is 2.57 bits per heavy atom. The van der Waals surface area contributed by atoms with Crippen molar-refractivity contribution in [2.45, 2.75) is 20.8 Å². The van der Waals surface area contributed by atoms with Crippen LogP contribution in [0, 0.1) is 12.8 Å². The van der Waals surface area contributed by atoms with Crippen LogP contribution in [0.2, 0.25) is 0 Å². The number of carbonyl (C=O) groups excluding carboxylic acids is 3. The molecular formula is C23H25N3O4. The molecule has 0 aromatic heterocycles. The van der Waals surface area contributed by atoms with E-state index in [4.69, 9.17) is 4.74 Å². The van der Waals surface area contributed by atoms with Crippen molar-refractivity contribution in [1.29, 1.82) is 0 Å². The van der Waals surface area contributed by atoms with Gasteiger partial charge in [-0.3, -0.25) is 9.59 Å². The van der Waals surface area contributed by atoms with E-state index >= 15 is 0 Å². The Bertz CT molecular complexity index is 980. The summed E-state index contributed by atoms with van der Waals surface area (Å²) in [5, 5.41) is 5.22. The van der Waals surface area contributed by atoms with E-state index in [9.17, 15) is 14.4 Å². The fraction of sp³-hybridized carbons (Fsp3) is 0.261. The quantitative estimate of drug-likeness (QED) is 0.543. The van der Waals surface area contributed by atoms with Gasteiger partial charge in [-0.25, -0.2) is 9.69 Å². The number of nitrogens with one attached hydrogen (secondary N) is 2. The number of anilines is 1. The number of hydrogen-bond acceptors (Lipinski definition) is 4. The third kappa shape index (κ3) is 5.47. The maximum Gasteiger partial charge on any atom is 0.329 e. The molecule has 0 unspecified atom stereocenters. The number of amides is 4. The summed E-state index contributed by atoms with van der Waals surface area (Å²) in [5.74, 6) is 0.172. The highest BCUT2D eigenvalue weighted by Gasteiger charge is 2.34. The van der Waals surface area contributed by atoms with Crippen LogP contribution in [0.25, 0.3) is 6.08 Å². The number of nitrogens with zero attached hydrogens (tertiary/aromatic N) is 1. The molecule has 0 saturated carbocycles. The molecule has 1 heterocycles. The lowest BCUT2D eigenvalue weighted by atomic mass is 10.2. The molecule has 0 aliphatic carbocycles. The maximum atomic E-state index is 12.6. The largest absolute Gasteiger partial charge is 0.493 e. The summed E-state index contributed by atoms with van der Waals surface area (Å²) in [6.07, 6.45) is 1.57. The summed E-state index contributed by atoms with van der Waals surface area (Å²) in [6.45, 7) is 6.31. The zero-order valence-electron chi connectivity index (χ0n) is 17.3. The van der Waals surface area contributed by atoms with Crippen molar-refractivity contribution in [2.24, 2.45) is 5.92 Å². The van der Waals surface area contributed by atoms with Crippen molar-refractivity contribution in [3.8, 4) is 5.75 Å². The number of rotatable bonds is 7. The number of carbonyl (C=O) groups is 3. The van der Waals surface area contributed by atoms with Crippen LogP contribution < -0.4 is 15.4 Å². The predicted octanol–water partition coefficient (Wildman–Crippen LogP) is 3.56. The monoisotopic (exact) mass is 407 g/mol. The number of hydrogen-bond donors (Lipinski definition) is 2. The molecule has 2 N–H and O–H groups in total. The molecule has 0 atom stereocenters. The summed E-state index contributed by atoms with van der Waals surface area (Å²) >= 11 is 0. The van der Waals surface area contributed by atoms with Gasteiger partial charge in [0, 0.05) is 5.69 Å². The first kappa shape index (κ1) is 21.1. The Hall–Kier alpha value is -3.61. The van der Waals surface area contributed by atoms with E-state index in [0.29, 0.717) is 18.2 Å². The van der Waals surface area contributed by atoms with E-state index < -0.39 is 17.8 Å². The van der Waals surface area contributed by atoms with Gasteiger partial charge in [-0.15, -0.1) is 0 Å². The van der Waals surface area contributed by atoms with Crippen LogP contribution in [0.15, 0.2) is 54.2 Å². The van der Waals surface area contributed by atoms with Crippen molar-refractivity contribution in [2.75, 3.05) is 18.5 Å². The smallest absolute Gasteiger partial charge is 0.329 e. The van der Waals surface area contributed by atoms with E-state index in [2.05, 4.69) is 24.5 Å². The fourth-order valence-corrected chi connectivity index (χ4v) is 2.87. The SMILES string of the molecule is Cc1cccc(NC(=O)CN2C(=O)N/C(=C\c3ccc(OCC(C)C)cc3)C2=O)c1. The van der Waals surface area contributed by atoms with Gasteiger partial charge in [0.2, 0.25) is 5.91 Å². The summed E-state index contributed by atoms with van der Waals surface area (Å²) in [6, 6.07) is 13.9. The first-order valence-electron chi connectivity index (χ1n) is 9.76. The highest BCUT2D eigenvalue weighted by molar-refractivity contribution is 6.15. The molecule has 2 aromatic rings. The lowest BCUT2D eigenvalue weighted by molar-refractivity contribution is -0.127.